The molecule has 0 unspecified atom stereocenters. The van der Waals surface area contributed by atoms with Crippen LogP contribution < -0.4 is 5.32 Å². The molecule has 3 aromatic rings. The van der Waals surface area contributed by atoms with E-state index < -0.39 is 0 Å². The van der Waals surface area contributed by atoms with Crippen molar-refractivity contribution in [3.8, 4) is 11.1 Å². The largest absolute Gasteiger partial charge is 0.373 e. The summed E-state index contributed by atoms with van der Waals surface area (Å²) in [6.07, 6.45) is 5.87. The Morgan fingerprint density at radius 2 is 2.00 bits per heavy atom. The molecule has 1 N–H and O–H groups in total. The third-order valence-corrected chi connectivity index (χ3v) is 3.27. The van der Waals surface area contributed by atoms with Crippen LogP contribution in [0.25, 0.3) is 21.9 Å². The van der Waals surface area contributed by atoms with Crippen LogP contribution in [0.3, 0.4) is 0 Å². The lowest BCUT2D eigenvalue weighted by atomic mass is 10.1. The van der Waals surface area contributed by atoms with Crippen LogP contribution in [-0.2, 0) is 6.54 Å². The van der Waals surface area contributed by atoms with Gasteiger partial charge in [0.15, 0.2) is 0 Å². The number of nitrogens with zero attached hydrogens (tertiary/aromatic N) is 3. The van der Waals surface area contributed by atoms with Crippen LogP contribution in [0.4, 0.5) is 5.82 Å². The summed E-state index contributed by atoms with van der Waals surface area (Å²) in [4.78, 5) is 4.32. The highest BCUT2D eigenvalue weighted by atomic mass is 15.3. The van der Waals surface area contributed by atoms with Gasteiger partial charge in [-0.25, -0.2) is 4.98 Å². The molecule has 0 amide bonds. The van der Waals surface area contributed by atoms with E-state index in [0.717, 1.165) is 23.3 Å². The number of nitrogens with one attached hydrogen (secondary N) is 1. The lowest BCUT2D eigenvalue weighted by Crippen LogP contribution is -1.92. The van der Waals surface area contributed by atoms with E-state index in [0.29, 0.717) is 0 Å². The van der Waals surface area contributed by atoms with Crippen molar-refractivity contribution in [2.75, 3.05) is 12.4 Å². The standard InChI is InChI=1S/C15H16N4/c1-3-19-10-14(9-18-19)11-4-5-12-8-17-15(16-2)7-13(12)6-11/h4-10H,3H2,1-2H3,(H,16,17). The van der Waals surface area contributed by atoms with Gasteiger partial charge in [0.05, 0.1) is 6.20 Å². The third-order valence-electron chi connectivity index (χ3n) is 3.27. The second kappa shape index (κ2) is 4.72. The van der Waals surface area contributed by atoms with Crippen LogP contribution in [0.5, 0.6) is 0 Å². The van der Waals surface area contributed by atoms with E-state index in [9.17, 15) is 0 Å². The molecule has 0 atom stereocenters. The summed E-state index contributed by atoms with van der Waals surface area (Å²) in [6.45, 7) is 2.98. The minimum absolute atomic E-state index is 0.883. The highest BCUT2D eigenvalue weighted by molar-refractivity contribution is 5.88. The number of hydrogen-bond acceptors (Lipinski definition) is 3. The first-order valence-corrected chi connectivity index (χ1v) is 6.40. The van der Waals surface area contributed by atoms with Crippen molar-refractivity contribution in [1.82, 2.24) is 14.8 Å². The Labute approximate surface area is 112 Å². The number of aryl methyl sites for hydroxylation is 1. The predicted octanol–water partition coefficient (Wildman–Crippen LogP) is 3.16. The van der Waals surface area contributed by atoms with E-state index in [2.05, 4.69) is 52.8 Å². The predicted molar refractivity (Wildman–Crippen MR) is 78.2 cm³/mol. The Morgan fingerprint density at radius 1 is 1.11 bits per heavy atom. The van der Waals surface area contributed by atoms with E-state index in [-0.39, 0.29) is 0 Å². The van der Waals surface area contributed by atoms with Gasteiger partial charge in [0, 0.05) is 36.9 Å². The highest BCUT2D eigenvalue weighted by Gasteiger charge is 2.03. The van der Waals surface area contributed by atoms with Crippen LogP contribution >= 0.6 is 0 Å². The Hall–Kier alpha value is -2.36. The minimum Gasteiger partial charge on any atom is -0.373 e. The smallest absolute Gasteiger partial charge is 0.126 e. The maximum Gasteiger partial charge on any atom is 0.126 e. The van der Waals surface area contributed by atoms with Crippen LogP contribution in [0.2, 0.25) is 0 Å². The first kappa shape index (κ1) is 11.7. The molecule has 0 bridgehead atoms. The van der Waals surface area contributed by atoms with Gasteiger partial charge >= 0.3 is 0 Å². The summed E-state index contributed by atoms with van der Waals surface area (Å²) >= 11 is 0. The third kappa shape index (κ3) is 2.17. The molecule has 0 radical (unpaired) electrons. The van der Waals surface area contributed by atoms with Crippen molar-refractivity contribution >= 4 is 16.6 Å². The molecule has 4 nitrogen and oxygen atoms in total. The monoisotopic (exact) mass is 252 g/mol. The molecule has 0 fully saturated rings. The van der Waals surface area contributed by atoms with E-state index >= 15 is 0 Å². The number of hydrogen-bond donors (Lipinski definition) is 1. The quantitative estimate of drug-likeness (QED) is 0.778. The van der Waals surface area contributed by atoms with Gasteiger partial charge in [-0.2, -0.15) is 5.10 Å². The molecule has 0 saturated heterocycles. The molecule has 0 aliphatic carbocycles. The maximum absolute atomic E-state index is 4.32. The number of aromatic nitrogens is 3. The molecule has 3 rings (SSSR count). The summed E-state index contributed by atoms with van der Waals surface area (Å²) in [5, 5.41) is 9.71. The molecule has 96 valence electrons. The van der Waals surface area contributed by atoms with E-state index in [1.54, 1.807) is 0 Å². The Kier molecular flexibility index (Phi) is 2.91. The maximum atomic E-state index is 4.32. The zero-order chi connectivity index (χ0) is 13.2. The normalized spacial score (nSPS) is 10.8. The van der Waals surface area contributed by atoms with Gasteiger partial charge in [-0.15, -0.1) is 0 Å². The SMILES string of the molecule is CCn1cc(-c2ccc3cnc(NC)cc3c2)cn1. The first-order chi connectivity index (χ1) is 9.30. The molecule has 0 saturated carbocycles. The van der Waals surface area contributed by atoms with Gasteiger partial charge in [-0.3, -0.25) is 4.68 Å². The van der Waals surface area contributed by atoms with Gasteiger partial charge < -0.3 is 5.32 Å². The van der Waals surface area contributed by atoms with Gasteiger partial charge in [-0.1, -0.05) is 12.1 Å². The zero-order valence-electron chi connectivity index (χ0n) is 11.1. The lowest BCUT2D eigenvalue weighted by molar-refractivity contribution is 0.660. The molecule has 0 aliphatic rings. The Morgan fingerprint density at radius 3 is 2.74 bits per heavy atom. The minimum atomic E-state index is 0.883. The van der Waals surface area contributed by atoms with Crippen LogP contribution in [0.1, 0.15) is 6.92 Å². The van der Waals surface area contributed by atoms with E-state index in [1.807, 2.05) is 24.1 Å². The van der Waals surface area contributed by atoms with Gasteiger partial charge in [0.25, 0.3) is 0 Å². The molecular formula is C15H16N4. The first-order valence-electron chi connectivity index (χ1n) is 6.40. The average Bonchev–Trinajstić information content (AvgIpc) is 2.95. The second-order valence-electron chi connectivity index (χ2n) is 4.47. The Bertz CT molecular complexity index is 715. The molecule has 2 aromatic heterocycles. The fraction of sp³-hybridized carbons (Fsp3) is 0.200. The highest BCUT2D eigenvalue weighted by Crippen LogP contribution is 2.25. The Balaban J connectivity index is 2.09. The molecular weight excluding hydrogens is 236 g/mol. The number of benzene rings is 1. The van der Waals surface area contributed by atoms with Crippen molar-refractivity contribution < 1.29 is 0 Å². The molecule has 1 aromatic carbocycles. The molecule has 0 spiro atoms. The summed E-state index contributed by atoms with van der Waals surface area (Å²) in [5.74, 6) is 0.883. The summed E-state index contributed by atoms with van der Waals surface area (Å²) < 4.78 is 1.94. The fourth-order valence-electron chi connectivity index (χ4n) is 2.14. The lowest BCUT2D eigenvalue weighted by Gasteiger charge is -2.04. The fourth-order valence-corrected chi connectivity index (χ4v) is 2.14. The molecule has 2 heterocycles. The van der Waals surface area contributed by atoms with Crippen LogP contribution in [0, 0.1) is 0 Å². The second-order valence-corrected chi connectivity index (χ2v) is 4.47. The van der Waals surface area contributed by atoms with Crippen LogP contribution in [-0.4, -0.2) is 21.8 Å². The van der Waals surface area contributed by atoms with Crippen molar-refractivity contribution in [3.05, 3.63) is 42.9 Å². The molecule has 0 aliphatic heterocycles. The topological polar surface area (TPSA) is 42.7 Å². The number of rotatable bonds is 3. The van der Waals surface area contributed by atoms with Crippen molar-refractivity contribution in [3.63, 3.8) is 0 Å². The van der Waals surface area contributed by atoms with Gasteiger partial charge in [0.2, 0.25) is 0 Å². The number of pyridine rings is 1. The zero-order valence-corrected chi connectivity index (χ0v) is 11.1. The average molecular weight is 252 g/mol. The van der Waals surface area contributed by atoms with Crippen molar-refractivity contribution in [2.45, 2.75) is 13.5 Å². The van der Waals surface area contributed by atoms with Crippen LogP contribution in [0.15, 0.2) is 42.9 Å². The molecule has 19 heavy (non-hydrogen) atoms. The number of anilines is 1. The van der Waals surface area contributed by atoms with Gasteiger partial charge in [-0.05, 0) is 30.0 Å². The summed E-state index contributed by atoms with van der Waals surface area (Å²) in [6, 6.07) is 8.44. The van der Waals surface area contributed by atoms with E-state index in [1.165, 1.54) is 10.9 Å². The number of fused-ring (bicyclic) bond motifs is 1. The van der Waals surface area contributed by atoms with Crippen molar-refractivity contribution in [1.29, 1.82) is 0 Å². The van der Waals surface area contributed by atoms with E-state index in [4.69, 9.17) is 0 Å². The van der Waals surface area contributed by atoms with Gasteiger partial charge in [0.1, 0.15) is 5.82 Å². The summed E-state index contributed by atoms with van der Waals surface area (Å²) in [5.41, 5.74) is 2.33. The summed E-state index contributed by atoms with van der Waals surface area (Å²) in [7, 11) is 1.88. The van der Waals surface area contributed by atoms with Crippen molar-refractivity contribution in [2.24, 2.45) is 0 Å². The molecule has 4 heteroatoms.